The number of carbonyl (C=O) groups excluding carboxylic acids is 2. The van der Waals surface area contributed by atoms with Crippen molar-refractivity contribution >= 4 is 21.8 Å². The first-order chi connectivity index (χ1) is 8.42. The molecule has 0 aliphatic heterocycles. The first-order valence-electron chi connectivity index (χ1n) is 5.02. The smallest absolute Gasteiger partial charge is 0.253 e. The highest BCUT2D eigenvalue weighted by Gasteiger charge is 2.14. The highest BCUT2D eigenvalue weighted by molar-refractivity contribution is 7.89. The molecule has 0 radical (unpaired) electrons. The number of sulfonamides is 1. The van der Waals surface area contributed by atoms with E-state index in [9.17, 15) is 18.0 Å². The topological polar surface area (TPSA) is 104 Å². The molecule has 0 atom stereocenters. The third-order valence-electron chi connectivity index (χ3n) is 1.85. The summed E-state index contributed by atoms with van der Waals surface area (Å²) in [4.78, 5) is 21.7. The Labute approximate surface area is 105 Å². The molecule has 1 rings (SSSR count). The minimum Gasteiger partial charge on any atom is -0.274 e. The van der Waals surface area contributed by atoms with Crippen molar-refractivity contribution in [2.75, 3.05) is 6.54 Å². The van der Waals surface area contributed by atoms with Crippen molar-refractivity contribution in [1.29, 1.82) is 0 Å². The molecule has 98 valence electrons. The molecule has 1 aromatic rings. The summed E-state index contributed by atoms with van der Waals surface area (Å²) in [5.74, 6) is -1.11. The van der Waals surface area contributed by atoms with E-state index in [1.54, 1.807) is 18.2 Å². The monoisotopic (exact) mass is 271 g/mol. The molecule has 0 bridgehead atoms. The maximum atomic E-state index is 11.7. The molecule has 1 aromatic carbocycles. The summed E-state index contributed by atoms with van der Waals surface area (Å²) in [5.41, 5.74) is 4.09. The van der Waals surface area contributed by atoms with Gasteiger partial charge in [0.15, 0.2) is 0 Å². The van der Waals surface area contributed by atoms with Crippen molar-refractivity contribution in [3.63, 3.8) is 0 Å². The van der Waals surface area contributed by atoms with Gasteiger partial charge in [-0.2, -0.15) is 0 Å². The molecule has 2 amide bonds. The van der Waals surface area contributed by atoms with Crippen LogP contribution in [0.25, 0.3) is 0 Å². The number of carbonyl (C=O) groups is 2. The van der Waals surface area contributed by atoms with Crippen LogP contribution in [0.4, 0.5) is 0 Å². The van der Waals surface area contributed by atoms with E-state index in [-0.39, 0.29) is 4.90 Å². The fraction of sp³-hybridized carbons (Fsp3) is 0.200. The third-order valence-corrected chi connectivity index (χ3v) is 3.27. The molecule has 18 heavy (non-hydrogen) atoms. The second kappa shape index (κ2) is 6.12. The molecular weight excluding hydrogens is 258 g/mol. The lowest BCUT2D eigenvalue weighted by Gasteiger charge is -2.07. The molecule has 3 N–H and O–H groups in total. The van der Waals surface area contributed by atoms with Crippen molar-refractivity contribution in [3.05, 3.63) is 30.3 Å². The van der Waals surface area contributed by atoms with Crippen LogP contribution in [0.3, 0.4) is 0 Å². The maximum Gasteiger partial charge on any atom is 0.253 e. The number of hydrogen-bond acceptors (Lipinski definition) is 4. The summed E-state index contributed by atoms with van der Waals surface area (Å²) in [6.07, 6.45) is 0. The van der Waals surface area contributed by atoms with Crippen LogP contribution in [0, 0.1) is 0 Å². The quantitative estimate of drug-likeness (QED) is 0.619. The van der Waals surface area contributed by atoms with Gasteiger partial charge in [-0.25, -0.2) is 13.1 Å². The number of amides is 2. The average molecular weight is 271 g/mol. The van der Waals surface area contributed by atoms with E-state index in [1.807, 2.05) is 10.9 Å². The minimum absolute atomic E-state index is 0.0670. The van der Waals surface area contributed by atoms with Crippen LogP contribution >= 0.6 is 0 Å². The fourth-order valence-electron chi connectivity index (χ4n) is 1.05. The van der Waals surface area contributed by atoms with Gasteiger partial charge in [-0.1, -0.05) is 18.2 Å². The largest absolute Gasteiger partial charge is 0.274 e. The van der Waals surface area contributed by atoms with Crippen LogP contribution < -0.4 is 15.6 Å². The van der Waals surface area contributed by atoms with Crippen LogP contribution in [0.2, 0.25) is 0 Å². The lowest BCUT2D eigenvalue weighted by atomic mass is 10.4. The first-order valence-corrected chi connectivity index (χ1v) is 6.50. The third kappa shape index (κ3) is 4.52. The normalized spacial score (nSPS) is 10.7. The molecule has 7 nitrogen and oxygen atoms in total. The van der Waals surface area contributed by atoms with Crippen molar-refractivity contribution < 1.29 is 18.0 Å². The summed E-state index contributed by atoms with van der Waals surface area (Å²) >= 11 is 0. The van der Waals surface area contributed by atoms with Gasteiger partial charge in [-0.05, 0) is 12.1 Å². The maximum absolute atomic E-state index is 11.7. The number of benzene rings is 1. The van der Waals surface area contributed by atoms with E-state index in [0.717, 1.165) is 0 Å². The zero-order chi connectivity index (χ0) is 13.6. The lowest BCUT2D eigenvalue weighted by Crippen LogP contribution is -2.45. The van der Waals surface area contributed by atoms with E-state index in [2.05, 4.69) is 4.72 Å². The van der Waals surface area contributed by atoms with Crippen LogP contribution in [-0.2, 0) is 19.6 Å². The SMILES string of the molecule is CC(=O)NNC(=O)CNS(=O)(=O)c1ccccc1. The Morgan fingerprint density at radius 2 is 1.72 bits per heavy atom. The van der Waals surface area contributed by atoms with Crippen molar-refractivity contribution in [3.8, 4) is 0 Å². The van der Waals surface area contributed by atoms with E-state index in [4.69, 9.17) is 0 Å². The Hall–Kier alpha value is -1.93. The Morgan fingerprint density at radius 3 is 2.28 bits per heavy atom. The van der Waals surface area contributed by atoms with E-state index >= 15 is 0 Å². The standard InChI is InChI=1S/C10H13N3O4S/c1-8(14)12-13-10(15)7-11-18(16,17)9-5-3-2-4-6-9/h2-6,11H,7H2,1H3,(H,12,14)(H,13,15). The average Bonchev–Trinajstić information content (AvgIpc) is 2.35. The van der Waals surface area contributed by atoms with Gasteiger partial charge in [0.05, 0.1) is 11.4 Å². The van der Waals surface area contributed by atoms with Crippen molar-refractivity contribution in [2.24, 2.45) is 0 Å². The second-order valence-corrected chi connectivity index (χ2v) is 5.13. The summed E-state index contributed by atoms with van der Waals surface area (Å²) < 4.78 is 25.5. The van der Waals surface area contributed by atoms with Crippen molar-refractivity contribution in [2.45, 2.75) is 11.8 Å². The molecule has 8 heteroatoms. The molecule has 0 aliphatic carbocycles. The van der Waals surface area contributed by atoms with Gasteiger partial charge in [0, 0.05) is 6.92 Å². The van der Waals surface area contributed by atoms with Gasteiger partial charge >= 0.3 is 0 Å². The number of hydrazine groups is 1. The van der Waals surface area contributed by atoms with Crippen LogP contribution in [0.15, 0.2) is 35.2 Å². The Kier molecular flexibility index (Phi) is 4.81. The molecule has 0 aromatic heterocycles. The van der Waals surface area contributed by atoms with E-state index in [0.29, 0.717) is 0 Å². The van der Waals surface area contributed by atoms with Gasteiger partial charge in [0.1, 0.15) is 0 Å². The molecule has 0 spiro atoms. The van der Waals surface area contributed by atoms with E-state index in [1.165, 1.54) is 19.1 Å². The molecule has 0 heterocycles. The zero-order valence-electron chi connectivity index (χ0n) is 9.64. The summed E-state index contributed by atoms with van der Waals surface area (Å²) in [6, 6.07) is 7.66. The molecule has 0 aliphatic rings. The van der Waals surface area contributed by atoms with Gasteiger partial charge in [0.25, 0.3) is 5.91 Å². The zero-order valence-corrected chi connectivity index (χ0v) is 10.5. The minimum atomic E-state index is -3.72. The highest BCUT2D eigenvalue weighted by atomic mass is 32.2. The number of hydrogen-bond donors (Lipinski definition) is 3. The van der Waals surface area contributed by atoms with Gasteiger partial charge in [0.2, 0.25) is 15.9 Å². The molecular formula is C10H13N3O4S. The van der Waals surface area contributed by atoms with Crippen molar-refractivity contribution in [1.82, 2.24) is 15.6 Å². The molecule has 0 unspecified atom stereocenters. The Balaban J connectivity index is 2.53. The summed E-state index contributed by atoms with van der Waals surface area (Å²) in [6.45, 7) is 0.756. The van der Waals surface area contributed by atoms with Gasteiger partial charge in [-0.15, -0.1) is 0 Å². The predicted octanol–water partition coefficient (Wildman–Crippen LogP) is -0.868. The van der Waals surface area contributed by atoms with Crippen LogP contribution in [0.5, 0.6) is 0 Å². The number of rotatable bonds is 4. The van der Waals surface area contributed by atoms with Gasteiger partial charge < -0.3 is 0 Å². The first kappa shape index (κ1) is 14.1. The highest BCUT2D eigenvalue weighted by Crippen LogP contribution is 2.06. The second-order valence-electron chi connectivity index (χ2n) is 3.37. The fourth-order valence-corrected chi connectivity index (χ4v) is 2.05. The van der Waals surface area contributed by atoms with Crippen LogP contribution in [0.1, 0.15) is 6.92 Å². The predicted molar refractivity (Wildman–Crippen MR) is 63.6 cm³/mol. The summed E-state index contributed by atoms with van der Waals surface area (Å²) in [7, 11) is -3.72. The molecule has 0 saturated heterocycles. The van der Waals surface area contributed by atoms with E-state index < -0.39 is 28.4 Å². The Morgan fingerprint density at radius 1 is 1.11 bits per heavy atom. The van der Waals surface area contributed by atoms with Gasteiger partial charge in [-0.3, -0.25) is 20.4 Å². The number of nitrogens with one attached hydrogen (secondary N) is 3. The van der Waals surface area contributed by atoms with Crippen LogP contribution in [-0.4, -0.2) is 26.8 Å². The Bertz CT molecular complexity index is 527. The molecule has 0 saturated carbocycles. The molecule has 0 fully saturated rings. The lowest BCUT2D eigenvalue weighted by molar-refractivity contribution is -0.127. The summed E-state index contributed by atoms with van der Waals surface area (Å²) in [5, 5.41) is 0.